The number of aryl methyl sites for hydroxylation is 1. The van der Waals surface area contributed by atoms with Gasteiger partial charge in [-0.15, -0.1) is 0 Å². The number of nitrogens with zero attached hydrogens (tertiary/aromatic N) is 3. The zero-order valence-corrected chi connectivity index (χ0v) is 12.3. The van der Waals surface area contributed by atoms with E-state index in [0.29, 0.717) is 23.0 Å². The molecule has 0 aliphatic heterocycles. The van der Waals surface area contributed by atoms with Crippen molar-refractivity contribution in [1.29, 1.82) is 5.26 Å². The summed E-state index contributed by atoms with van der Waals surface area (Å²) in [7, 11) is 0. The van der Waals surface area contributed by atoms with Crippen LogP contribution in [0.1, 0.15) is 42.3 Å². The van der Waals surface area contributed by atoms with E-state index >= 15 is 0 Å². The van der Waals surface area contributed by atoms with Crippen molar-refractivity contribution < 1.29 is 4.39 Å². The summed E-state index contributed by atoms with van der Waals surface area (Å²) in [5, 5.41) is 11.8. The molecule has 4 nitrogen and oxygen atoms in total. The first kappa shape index (κ1) is 14.9. The number of hydrogen-bond acceptors (Lipinski definition) is 4. The van der Waals surface area contributed by atoms with Crippen LogP contribution in [-0.2, 0) is 6.54 Å². The molecule has 0 aliphatic carbocycles. The summed E-state index contributed by atoms with van der Waals surface area (Å²) in [5.41, 5.74) is 2.61. The Labute approximate surface area is 123 Å². The lowest BCUT2D eigenvalue weighted by atomic mass is 10.1. The number of nitrogens with one attached hydrogen (secondary N) is 1. The summed E-state index contributed by atoms with van der Waals surface area (Å²) in [4.78, 5) is 8.71. The Hall–Kier alpha value is -2.48. The second-order valence-electron chi connectivity index (χ2n) is 5.18. The standard InChI is InChI=1S/C16H17FN4/c1-10(2)15-6-11(3)20-16(21-15)19-9-13-5-4-12(8-18)7-14(13)17/h4-7,10H,9H2,1-3H3,(H,19,20,21). The predicted molar refractivity (Wildman–Crippen MR) is 79.3 cm³/mol. The smallest absolute Gasteiger partial charge is 0.223 e. The lowest BCUT2D eigenvalue weighted by Gasteiger charge is -2.10. The van der Waals surface area contributed by atoms with Crippen LogP contribution in [0.25, 0.3) is 0 Å². The number of anilines is 1. The first-order valence-corrected chi connectivity index (χ1v) is 6.77. The average Bonchev–Trinajstić information content (AvgIpc) is 2.45. The molecule has 0 radical (unpaired) electrons. The highest BCUT2D eigenvalue weighted by molar-refractivity contribution is 5.36. The number of benzene rings is 1. The molecule has 0 saturated heterocycles. The van der Waals surface area contributed by atoms with Crippen LogP contribution >= 0.6 is 0 Å². The quantitative estimate of drug-likeness (QED) is 0.933. The fraction of sp³-hybridized carbons (Fsp3) is 0.312. The summed E-state index contributed by atoms with van der Waals surface area (Å²) in [6.45, 7) is 6.30. The molecule has 108 valence electrons. The van der Waals surface area contributed by atoms with Gasteiger partial charge in [0, 0.05) is 23.5 Å². The lowest BCUT2D eigenvalue weighted by molar-refractivity contribution is 0.612. The molecule has 0 spiro atoms. The summed E-state index contributed by atoms with van der Waals surface area (Å²) in [5.74, 6) is 0.389. The van der Waals surface area contributed by atoms with Gasteiger partial charge in [-0.3, -0.25) is 0 Å². The molecular formula is C16H17FN4. The number of halogens is 1. The third-order valence-electron chi connectivity index (χ3n) is 3.08. The Bertz CT molecular complexity index is 689. The predicted octanol–water partition coefficient (Wildman–Crippen LogP) is 3.53. The Kier molecular flexibility index (Phi) is 4.49. The number of hydrogen-bond donors (Lipinski definition) is 1. The van der Waals surface area contributed by atoms with E-state index in [-0.39, 0.29) is 6.54 Å². The minimum absolute atomic E-state index is 0.276. The van der Waals surface area contributed by atoms with Crippen LogP contribution < -0.4 is 5.32 Å². The normalized spacial score (nSPS) is 10.5. The van der Waals surface area contributed by atoms with Gasteiger partial charge in [0.05, 0.1) is 11.6 Å². The SMILES string of the molecule is Cc1cc(C(C)C)nc(NCc2ccc(C#N)cc2F)n1. The number of nitriles is 1. The lowest BCUT2D eigenvalue weighted by Crippen LogP contribution is -2.08. The molecular weight excluding hydrogens is 267 g/mol. The summed E-state index contributed by atoms with van der Waals surface area (Å²) >= 11 is 0. The molecule has 2 aromatic rings. The van der Waals surface area contributed by atoms with Crippen molar-refractivity contribution in [3.8, 4) is 6.07 Å². The first-order chi connectivity index (χ1) is 9.99. The highest BCUT2D eigenvalue weighted by Gasteiger charge is 2.07. The zero-order valence-electron chi connectivity index (χ0n) is 12.3. The molecule has 2 rings (SSSR count). The Morgan fingerprint density at radius 3 is 2.67 bits per heavy atom. The highest BCUT2D eigenvalue weighted by Crippen LogP contribution is 2.16. The van der Waals surface area contributed by atoms with Gasteiger partial charge in [0.2, 0.25) is 5.95 Å². The van der Waals surface area contributed by atoms with Crippen LogP contribution in [0.5, 0.6) is 0 Å². The van der Waals surface area contributed by atoms with Gasteiger partial charge in [-0.25, -0.2) is 14.4 Å². The number of rotatable bonds is 4. The van der Waals surface area contributed by atoms with Gasteiger partial charge in [-0.1, -0.05) is 19.9 Å². The summed E-state index contributed by atoms with van der Waals surface area (Å²) < 4.78 is 13.8. The minimum atomic E-state index is -0.404. The molecule has 1 aromatic heterocycles. The molecule has 1 aromatic carbocycles. The van der Waals surface area contributed by atoms with Crippen LogP contribution in [0, 0.1) is 24.1 Å². The van der Waals surface area contributed by atoms with E-state index in [0.717, 1.165) is 11.4 Å². The fourth-order valence-electron chi connectivity index (χ4n) is 1.90. The van der Waals surface area contributed by atoms with Crippen molar-refractivity contribution in [2.75, 3.05) is 5.32 Å². The van der Waals surface area contributed by atoms with Gasteiger partial charge >= 0.3 is 0 Å². The third kappa shape index (κ3) is 3.76. The highest BCUT2D eigenvalue weighted by atomic mass is 19.1. The maximum absolute atomic E-state index is 13.8. The van der Waals surface area contributed by atoms with Crippen LogP contribution in [0.4, 0.5) is 10.3 Å². The molecule has 0 atom stereocenters. The second kappa shape index (κ2) is 6.31. The maximum Gasteiger partial charge on any atom is 0.223 e. The van der Waals surface area contributed by atoms with Gasteiger partial charge in [0.25, 0.3) is 0 Å². The molecule has 0 unspecified atom stereocenters. The van der Waals surface area contributed by atoms with Crippen molar-refractivity contribution in [3.05, 3.63) is 52.6 Å². The van der Waals surface area contributed by atoms with Crippen molar-refractivity contribution in [1.82, 2.24) is 9.97 Å². The van der Waals surface area contributed by atoms with Gasteiger partial charge in [-0.2, -0.15) is 5.26 Å². The van der Waals surface area contributed by atoms with Gasteiger partial charge in [0.1, 0.15) is 5.82 Å². The van der Waals surface area contributed by atoms with Crippen molar-refractivity contribution >= 4 is 5.95 Å². The molecule has 0 bridgehead atoms. The Balaban J connectivity index is 2.15. The maximum atomic E-state index is 13.8. The molecule has 0 fully saturated rings. The van der Waals surface area contributed by atoms with Crippen LogP contribution in [0.2, 0.25) is 0 Å². The van der Waals surface area contributed by atoms with Gasteiger partial charge in [0.15, 0.2) is 0 Å². The zero-order chi connectivity index (χ0) is 15.4. The molecule has 5 heteroatoms. The van der Waals surface area contributed by atoms with Gasteiger partial charge < -0.3 is 5.32 Å². The van der Waals surface area contributed by atoms with Gasteiger partial charge in [-0.05, 0) is 31.0 Å². The summed E-state index contributed by atoms with van der Waals surface area (Å²) in [6, 6.07) is 8.27. The molecule has 1 N–H and O–H groups in total. The van der Waals surface area contributed by atoms with Crippen LogP contribution in [0.3, 0.4) is 0 Å². The van der Waals surface area contributed by atoms with E-state index in [1.807, 2.05) is 19.1 Å². The summed E-state index contributed by atoms with van der Waals surface area (Å²) in [6.07, 6.45) is 0. The number of aromatic nitrogens is 2. The van der Waals surface area contributed by atoms with E-state index < -0.39 is 5.82 Å². The van der Waals surface area contributed by atoms with Crippen LogP contribution in [0.15, 0.2) is 24.3 Å². The minimum Gasteiger partial charge on any atom is -0.350 e. The average molecular weight is 284 g/mol. The molecule has 21 heavy (non-hydrogen) atoms. The van der Waals surface area contributed by atoms with Crippen molar-refractivity contribution in [3.63, 3.8) is 0 Å². The Morgan fingerprint density at radius 1 is 1.29 bits per heavy atom. The molecule has 0 saturated carbocycles. The first-order valence-electron chi connectivity index (χ1n) is 6.77. The third-order valence-corrected chi connectivity index (χ3v) is 3.08. The largest absolute Gasteiger partial charge is 0.350 e. The van der Waals surface area contributed by atoms with E-state index in [9.17, 15) is 4.39 Å². The monoisotopic (exact) mass is 284 g/mol. The van der Waals surface area contributed by atoms with Crippen molar-refractivity contribution in [2.45, 2.75) is 33.2 Å². The topological polar surface area (TPSA) is 61.6 Å². The fourth-order valence-corrected chi connectivity index (χ4v) is 1.90. The van der Waals surface area contributed by atoms with E-state index in [1.54, 1.807) is 12.1 Å². The van der Waals surface area contributed by atoms with Crippen molar-refractivity contribution in [2.24, 2.45) is 0 Å². The van der Waals surface area contributed by atoms with E-state index in [4.69, 9.17) is 5.26 Å². The molecule has 0 amide bonds. The Morgan fingerprint density at radius 2 is 2.05 bits per heavy atom. The van der Waals surface area contributed by atoms with Crippen LogP contribution in [-0.4, -0.2) is 9.97 Å². The molecule has 1 heterocycles. The van der Waals surface area contributed by atoms with E-state index in [1.165, 1.54) is 6.07 Å². The van der Waals surface area contributed by atoms with E-state index in [2.05, 4.69) is 29.1 Å². The molecule has 0 aliphatic rings. The second-order valence-corrected chi connectivity index (χ2v) is 5.18.